The summed E-state index contributed by atoms with van der Waals surface area (Å²) in [5.41, 5.74) is 0. The lowest BCUT2D eigenvalue weighted by Crippen LogP contribution is -2.28. The van der Waals surface area contributed by atoms with Gasteiger partial charge in [-0.15, -0.1) is 11.6 Å². The van der Waals surface area contributed by atoms with Crippen molar-refractivity contribution in [2.24, 2.45) is 23.7 Å². The average molecular weight is 465 g/mol. The molecule has 3 aliphatic rings. The van der Waals surface area contributed by atoms with Crippen LogP contribution in [-0.4, -0.2) is 26.8 Å². The summed E-state index contributed by atoms with van der Waals surface area (Å²) in [5.74, 6) is 1.16. The first-order chi connectivity index (χ1) is 14.3. The van der Waals surface area contributed by atoms with Crippen molar-refractivity contribution in [3.8, 4) is 0 Å². The molecular formula is C24H36ClF3OS. The minimum atomic E-state index is -4.03. The number of alkyl halides is 4. The van der Waals surface area contributed by atoms with E-state index in [-0.39, 0.29) is 18.8 Å². The van der Waals surface area contributed by atoms with Crippen LogP contribution in [0.4, 0.5) is 13.2 Å². The summed E-state index contributed by atoms with van der Waals surface area (Å²) in [7, 11) is -0.712. The predicted octanol–water partition coefficient (Wildman–Crippen LogP) is 7.57. The first-order valence-corrected chi connectivity index (χ1v) is 13.6. The van der Waals surface area contributed by atoms with E-state index < -0.39 is 22.9 Å². The number of allylic oxidation sites excluding steroid dienone is 4. The van der Waals surface area contributed by atoms with Gasteiger partial charge in [-0.25, -0.2) is 0 Å². The lowest BCUT2D eigenvalue weighted by Gasteiger charge is -2.29. The lowest BCUT2D eigenvalue weighted by atomic mass is 9.81. The zero-order valence-corrected chi connectivity index (χ0v) is 19.4. The zero-order valence-electron chi connectivity index (χ0n) is 17.8. The number of halogens is 4. The first-order valence-electron chi connectivity index (χ1n) is 11.7. The Morgan fingerprint density at radius 1 is 0.767 bits per heavy atom. The maximum absolute atomic E-state index is 12.8. The molecule has 0 saturated heterocycles. The molecule has 172 valence electrons. The van der Waals surface area contributed by atoms with Crippen LogP contribution in [0.15, 0.2) is 24.3 Å². The maximum atomic E-state index is 12.8. The lowest BCUT2D eigenvalue weighted by molar-refractivity contribution is -0.183. The zero-order chi connectivity index (χ0) is 21.6. The Labute approximate surface area is 187 Å². The van der Waals surface area contributed by atoms with E-state index in [9.17, 15) is 17.4 Å². The molecule has 0 bridgehead atoms. The van der Waals surface area contributed by atoms with Gasteiger partial charge in [-0.3, -0.25) is 4.21 Å². The van der Waals surface area contributed by atoms with Crippen molar-refractivity contribution in [1.82, 2.24) is 0 Å². The third-order valence-electron chi connectivity index (χ3n) is 7.38. The van der Waals surface area contributed by atoms with Crippen LogP contribution in [0.25, 0.3) is 0 Å². The van der Waals surface area contributed by atoms with Crippen molar-refractivity contribution >= 4 is 22.4 Å². The molecule has 0 radical (unpaired) electrons. The fourth-order valence-electron chi connectivity index (χ4n) is 5.28. The van der Waals surface area contributed by atoms with Gasteiger partial charge in [-0.1, -0.05) is 24.3 Å². The third-order valence-corrected chi connectivity index (χ3v) is 9.83. The van der Waals surface area contributed by atoms with E-state index in [1.807, 2.05) is 6.08 Å². The molecule has 0 spiro atoms. The largest absolute Gasteiger partial charge is 0.391 e. The van der Waals surface area contributed by atoms with Crippen LogP contribution in [0.1, 0.15) is 77.0 Å². The minimum absolute atomic E-state index is 0.261. The van der Waals surface area contributed by atoms with Crippen molar-refractivity contribution in [3.05, 3.63) is 24.3 Å². The van der Waals surface area contributed by atoms with Crippen molar-refractivity contribution in [2.75, 3.05) is 5.75 Å². The molecule has 1 atom stereocenters. The van der Waals surface area contributed by atoms with Crippen LogP contribution in [0.5, 0.6) is 0 Å². The molecule has 0 aromatic carbocycles. The van der Waals surface area contributed by atoms with Gasteiger partial charge in [-0.05, 0) is 94.8 Å². The molecule has 0 heterocycles. The predicted molar refractivity (Wildman–Crippen MR) is 120 cm³/mol. The highest BCUT2D eigenvalue weighted by Crippen LogP contribution is 2.40. The van der Waals surface area contributed by atoms with Crippen LogP contribution in [-0.2, 0) is 10.8 Å². The van der Waals surface area contributed by atoms with Gasteiger partial charge >= 0.3 is 6.18 Å². The molecule has 3 aliphatic carbocycles. The van der Waals surface area contributed by atoms with Gasteiger partial charge in [-0.2, -0.15) is 13.2 Å². The Morgan fingerprint density at radius 2 is 1.27 bits per heavy atom. The van der Waals surface area contributed by atoms with Crippen molar-refractivity contribution < 1.29 is 17.4 Å². The Kier molecular flexibility index (Phi) is 9.37. The Morgan fingerprint density at radius 3 is 1.77 bits per heavy atom. The van der Waals surface area contributed by atoms with Crippen LogP contribution >= 0.6 is 11.6 Å². The second-order valence-corrected chi connectivity index (χ2v) is 12.0. The second kappa shape index (κ2) is 11.5. The molecule has 0 N–H and O–H groups in total. The molecule has 1 nitrogen and oxygen atoms in total. The Hall–Kier alpha value is -0.290. The van der Waals surface area contributed by atoms with Crippen molar-refractivity contribution in [2.45, 2.75) is 93.9 Å². The van der Waals surface area contributed by atoms with Gasteiger partial charge in [0.05, 0.1) is 5.92 Å². The highest BCUT2D eigenvalue weighted by atomic mass is 35.5. The van der Waals surface area contributed by atoms with E-state index in [0.29, 0.717) is 35.3 Å². The second-order valence-electron chi connectivity index (χ2n) is 9.63. The first kappa shape index (κ1) is 24.4. The van der Waals surface area contributed by atoms with E-state index in [2.05, 4.69) is 18.2 Å². The highest BCUT2D eigenvalue weighted by Gasteiger charge is 2.40. The number of rotatable bonds is 6. The van der Waals surface area contributed by atoms with Crippen LogP contribution < -0.4 is 0 Å². The number of hydrogen-bond donors (Lipinski definition) is 0. The van der Waals surface area contributed by atoms with Crippen LogP contribution in [0, 0.1) is 23.7 Å². The minimum Gasteiger partial charge on any atom is -0.259 e. The molecule has 6 heteroatoms. The Balaban J connectivity index is 1.32. The molecule has 3 saturated carbocycles. The summed E-state index contributed by atoms with van der Waals surface area (Å²) in [6.45, 7) is 0. The summed E-state index contributed by atoms with van der Waals surface area (Å²) >= 11 is 6.17. The summed E-state index contributed by atoms with van der Waals surface area (Å²) < 4.78 is 51.0. The van der Waals surface area contributed by atoms with Crippen LogP contribution in [0.2, 0.25) is 0 Å². The molecule has 0 aromatic heterocycles. The molecular weight excluding hydrogens is 429 g/mol. The molecule has 0 unspecified atom stereocenters. The third kappa shape index (κ3) is 7.69. The molecule has 3 fully saturated rings. The SMILES string of the molecule is O=[S@](CC1CCC(Cl)CC1)C1CCC(/C=C/C=C/C2CCC(C(F)(F)F)CC2)CC1. The molecule has 0 amide bonds. The van der Waals surface area contributed by atoms with E-state index in [1.54, 1.807) is 0 Å². The molecule has 0 aromatic rings. The van der Waals surface area contributed by atoms with E-state index in [1.165, 1.54) is 0 Å². The fraction of sp³-hybridized carbons (Fsp3) is 0.833. The quantitative estimate of drug-likeness (QED) is 0.292. The normalized spacial score (nSPS) is 37.6. The van der Waals surface area contributed by atoms with E-state index in [4.69, 9.17) is 11.6 Å². The van der Waals surface area contributed by atoms with Crippen molar-refractivity contribution in [1.29, 1.82) is 0 Å². The standard InChI is InChI=1S/C24H36ClF3OS/c25-22-13-7-20(8-14-22)17-30(29)23-15-9-19(10-16-23)4-2-1-3-18-5-11-21(12-6-18)24(26,27)28/h1-4,18-23H,5-17H2/b3-1+,4-2+/t18?,19?,20?,21?,22?,23?,30-/m1/s1. The van der Waals surface area contributed by atoms with E-state index in [0.717, 1.165) is 57.1 Å². The molecule has 0 aliphatic heterocycles. The van der Waals surface area contributed by atoms with Crippen LogP contribution in [0.3, 0.4) is 0 Å². The summed E-state index contributed by atoms with van der Waals surface area (Å²) in [4.78, 5) is 0. The van der Waals surface area contributed by atoms with E-state index >= 15 is 0 Å². The summed E-state index contributed by atoms with van der Waals surface area (Å²) in [6, 6.07) is 0. The van der Waals surface area contributed by atoms with Gasteiger partial charge in [0.2, 0.25) is 0 Å². The smallest absolute Gasteiger partial charge is 0.259 e. The van der Waals surface area contributed by atoms with Gasteiger partial charge < -0.3 is 0 Å². The van der Waals surface area contributed by atoms with Crippen molar-refractivity contribution in [3.63, 3.8) is 0 Å². The summed E-state index contributed by atoms with van der Waals surface area (Å²) in [5, 5.41) is 0.670. The van der Waals surface area contributed by atoms with Gasteiger partial charge in [0, 0.05) is 27.2 Å². The Bertz CT molecular complexity index is 594. The number of hydrogen-bond acceptors (Lipinski definition) is 1. The van der Waals surface area contributed by atoms with Gasteiger partial charge in [0.15, 0.2) is 0 Å². The topological polar surface area (TPSA) is 17.1 Å². The maximum Gasteiger partial charge on any atom is 0.391 e. The van der Waals surface area contributed by atoms with Gasteiger partial charge in [0.1, 0.15) is 0 Å². The average Bonchev–Trinajstić information content (AvgIpc) is 2.73. The molecule has 30 heavy (non-hydrogen) atoms. The van der Waals surface area contributed by atoms with Gasteiger partial charge in [0.25, 0.3) is 0 Å². The summed E-state index contributed by atoms with van der Waals surface area (Å²) in [6.07, 6.45) is 14.8. The monoisotopic (exact) mass is 464 g/mol. The fourth-order valence-corrected chi connectivity index (χ4v) is 7.40. The highest BCUT2D eigenvalue weighted by molar-refractivity contribution is 7.85. The molecule has 3 rings (SSSR count).